The molecule has 2 aromatic rings. The number of para-hydroxylation sites is 2. The van der Waals surface area contributed by atoms with Gasteiger partial charge in [-0.2, -0.15) is 0 Å². The summed E-state index contributed by atoms with van der Waals surface area (Å²) in [6.07, 6.45) is -0.826. The number of rotatable bonds is 2. The molecule has 0 spiro atoms. The Balaban J connectivity index is 1.57. The van der Waals surface area contributed by atoms with Crippen molar-refractivity contribution in [2.45, 2.75) is 6.10 Å². The Labute approximate surface area is 140 Å². The van der Waals surface area contributed by atoms with Gasteiger partial charge in [0.15, 0.2) is 11.5 Å². The molecule has 3 rings (SSSR count). The summed E-state index contributed by atoms with van der Waals surface area (Å²) >= 11 is 3.28. The number of hydrazine groups is 1. The van der Waals surface area contributed by atoms with Crippen LogP contribution in [0.5, 0.6) is 11.5 Å². The predicted molar refractivity (Wildman–Crippen MR) is 86.1 cm³/mol. The van der Waals surface area contributed by atoms with Crippen LogP contribution in [0, 0.1) is 0 Å². The zero-order valence-corrected chi connectivity index (χ0v) is 13.5. The maximum absolute atomic E-state index is 12.1. The Morgan fingerprint density at radius 2 is 1.83 bits per heavy atom. The molecule has 2 N–H and O–H groups in total. The lowest BCUT2D eigenvalue weighted by Crippen LogP contribution is -2.50. The highest BCUT2D eigenvalue weighted by Gasteiger charge is 2.27. The fourth-order valence-electron chi connectivity index (χ4n) is 2.05. The van der Waals surface area contributed by atoms with Crippen LogP contribution in [0.15, 0.2) is 53.0 Å². The van der Waals surface area contributed by atoms with E-state index in [9.17, 15) is 9.59 Å². The van der Waals surface area contributed by atoms with E-state index in [4.69, 9.17) is 9.47 Å². The van der Waals surface area contributed by atoms with Crippen LogP contribution in [-0.4, -0.2) is 24.5 Å². The van der Waals surface area contributed by atoms with Crippen LogP contribution < -0.4 is 20.3 Å². The van der Waals surface area contributed by atoms with Gasteiger partial charge in [-0.1, -0.05) is 34.1 Å². The van der Waals surface area contributed by atoms with E-state index in [-0.39, 0.29) is 6.61 Å². The molecule has 0 saturated carbocycles. The monoisotopic (exact) mass is 376 g/mol. The summed E-state index contributed by atoms with van der Waals surface area (Å²) in [6, 6.07) is 13.9. The molecule has 0 radical (unpaired) electrons. The number of halogens is 1. The van der Waals surface area contributed by atoms with E-state index in [0.717, 1.165) is 4.47 Å². The van der Waals surface area contributed by atoms with Gasteiger partial charge < -0.3 is 9.47 Å². The lowest BCUT2D eigenvalue weighted by molar-refractivity contribution is -0.131. The second-order valence-electron chi connectivity index (χ2n) is 4.82. The van der Waals surface area contributed by atoms with Crippen molar-refractivity contribution in [2.75, 3.05) is 6.61 Å². The number of nitrogens with one attached hydrogen (secondary N) is 2. The van der Waals surface area contributed by atoms with Gasteiger partial charge in [-0.3, -0.25) is 20.4 Å². The summed E-state index contributed by atoms with van der Waals surface area (Å²) in [4.78, 5) is 24.0. The van der Waals surface area contributed by atoms with Crippen molar-refractivity contribution in [1.29, 1.82) is 0 Å². The van der Waals surface area contributed by atoms with Crippen molar-refractivity contribution in [3.05, 3.63) is 58.6 Å². The first-order valence-corrected chi connectivity index (χ1v) is 7.67. The predicted octanol–water partition coefficient (Wildman–Crippen LogP) is 2.05. The van der Waals surface area contributed by atoms with Gasteiger partial charge in [-0.15, -0.1) is 0 Å². The topological polar surface area (TPSA) is 76.7 Å². The molecule has 0 fully saturated rings. The quantitative estimate of drug-likeness (QED) is 0.786. The lowest BCUT2D eigenvalue weighted by atomic mass is 10.2. The summed E-state index contributed by atoms with van der Waals surface area (Å²) in [7, 11) is 0. The van der Waals surface area contributed by atoms with Gasteiger partial charge in [0.1, 0.15) is 6.61 Å². The smallest absolute Gasteiger partial charge is 0.283 e. The zero-order valence-electron chi connectivity index (χ0n) is 11.9. The highest BCUT2D eigenvalue weighted by atomic mass is 79.9. The molecule has 0 unspecified atom stereocenters. The van der Waals surface area contributed by atoms with Crippen molar-refractivity contribution < 1.29 is 19.1 Å². The Morgan fingerprint density at radius 3 is 2.61 bits per heavy atom. The summed E-state index contributed by atoms with van der Waals surface area (Å²) in [5, 5.41) is 0. The second kappa shape index (κ2) is 6.70. The van der Waals surface area contributed by atoms with Crippen molar-refractivity contribution in [3.8, 4) is 11.5 Å². The normalized spacial score (nSPS) is 15.6. The Hall–Kier alpha value is -2.54. The second-order valence-corrected chi connectivity index (χ2v) is 5.73. The van der Waals surface area contributed by atoms with Crippen LogP contribution in [0.25, 0.3) is 0 Å². The third-order valence-electron chi connectivity index (χ3n) is 3.19. The van der Waals surface area contributed by atoms with E-state index >= 15 is 0 Å². The number of fused-ring (bicyclic) bond motifs is 1. The van der Waals surface area contributed by atoms with E-state index in [2.05, 4.69) is 26.8 Å². The first-order chi connectivity index (χ1) is 11.1. The number of carbonyl (C=O) groups is 2. The maximum Gasteiger partial charge on any atom is 0.283 e. The van der Waals surface area contributed by atoms with Crippen LogP contribution in [0.4, 0.5) is 0 Å². The van der Waals surface area contributed by atoms with Gasteiger partial charge in [0.25, 0.3) is 11.8 Å². The summed E-state index contributed by atoms with van der Waals surface area (Å²) in [5.74, 6) is 0.187. The van der Waals surface area contributed by atoms with Crippen LogP contribution >= 0.6 is 15.9 Å². The number of benzene rings is 2. The minimum absolute atomic E-state index is 0.0790. The van der Waals surface area contributed by atoms with Gasteiger partial charge >= 0.3 is 0 Å². The number of carbonyl (C=O) groups excluding carboxylic acids is 2. The van der Waals surface area contributed by atoms with E-state index in [1.54, 1.807) is 42.5 Å². The van der Waals surface area contributed by atoms with Crippen LogP contribution in [-0.2, 0) is 4.79 Å². The molecule has 0 bridgehead atoms. The van der Waals surface area contributed by atoms with E-state index in [0.29, 0.717) is 17.1 Å². The van der Waals surface area contributed by atoms with Gasteiger partial charge in [0.05, 0.1) is 0 Å². The maximum atomic E-state index is 12.1. The number of hydrogen-bond acceptors (Lipinski definition) is 4. The molecule has 23 heavy (non-hydrogen) atoms. The molecule has 118 valence electrons. The minimum atomic E-state index is -0.826. The summed E-state index contributed by atoms with van der Waals surface area (Å²) < 4.78 is 11.8. The standard InChI is InChI=1S/C16H13BrN2O4/c17-11-5-3-4-10(8-11)15(20)18-19-16(21)14-9-22-12-6-1-2-7-13(12)23-14/h1-8,14H,9H2,(H,18,20)(H,19,21)/t14-/m1/s1. The van der Waals surface area contributed by atoms with Gasteiger partial charge in [0.2, 0.25) is 6.10 Å². The van der Waals surface area contributed by atoms with Gasteiger partial charge in [-0.25, -0.2) is 0 Å². The van der Waals surface area contributed by atoms with Crippen LogP contribution in [0.2, 0.25) is 0 Å². The molecule has 1 aliphatic heterocycles. The van der Waals surface area contributed by atoms with E-state index in [1.165, 1.54) is 0 Å². The first kappa shape index (κ1) is 15.4. The molecule has 6 nitrogen and oxygen atoms in total. The molecule has 2 aromatic carbocycles. The van der Waals surface area contributed by atoms with Crippen LogP contribution in [0.3, 0.4) is 0 Å². The molecule has 2 amide bonds. The third-order valence-corrected chi connectivity index (χ3v) is 3.68. The first-order valence-electron chi connectivity index (χ1n) is 6.88. The minimum Gasteiger partial charge on any atom is -0.485 e. The lowest BCUT2D eigenvalue weighted by Gasteiger charge is -2.25. The SMILES string of the molecule is O=C(NNC(=O)[C@H]1COc2ccccc2O1)c1cccc(Br)c1. The van der Waals surface area contributed by atoms with Crippen molar-refractivity contribution in [3.63, 3.8) is 0 Å². The fourth-order valence-corrected chi connectivity index (χ4v) is 2.45. The van der Waals surface area contributed by atoms with Crippen LogP contribution in [0.1, 0.15) is 10.4 Å². The Kier molecular flexibility index (Phi) is 4.47. The van der Waals surface area contributed by atoms with E-state index < -0.39 is 17.9 Å². The molecule has 0 saturated heterocycles. The van der Waals surface area contributed by atoms with Crippen molar-refractivity contribution >= 4 is 27.7 Å². The van der Waals surface area contributed by atoms with E-state index in [1.807, 2.05) is 6.07 Å². The highest BCUT2D eigenvalue weighted by Crippen LogP contribution is 2.30. The number of amides is 2. The molecular weight excluding hydrogens is 364 g/mol. The van der Waals surface area contributed by atoms with Gasteiger partial charge in [0, 0.05) is 10.0 Å². The summed E-state index contributed by atoms with van der Waals surface area (Å²) in [6.45, 7) is 0.0790. The fraction of sp³-hybridized carbons (Fsp3) is 0.125. The average molecular weight is 377 g/mol. The Bertz CT molecular complexity index is 750. The molecule has 0 aliphatic carbocycles. The largest absolute Gasteiger partial charge is 0.485 e. The molecule has 1 aliphatic rings. The molecule has 1 atom stereocenters. The Morgan fingerprint density at radius 1 is 1.04 bits per heavy atom. The molecule has 7 heteroatoms. The number of ether oxygens (including phenoxy) is 2. The average Bonchev–Trinajstić information content (AvgIpc) is 2.59. The van der Waals surface area contributed by atoms with Crippen molar-refractivity contribution in [2.24, 2.45) is 0 Å². The van der Waals surface area contributed by atoms with Crippen molar-refractivity contribution in [1.82, 2.24) is 10.9 Å². The highest BCUT2D eigenvalue weighted by molar-refractivity contribution is 9.10. The molecule has 0 aromatic heterocycles. The number of hydrogen-bond donors (Lipinski definition) is 2. The summed E-state index contributed by atoms with van der Waals surface area (Å²) in [5.41, 5.74) is 5.12. The third kappa shape index (κ3) is 3.62. The zero-order chi connectivity index (χ0) is 16.2. The molecule has 1 heterocycles. The molecular formula is C16H13BrN2O4. The van der Waals surface area contributed by atoms with Gasteiger partial charge in [-0.05, 0) is 30.3 Å².